The Balaban J connectivity index is 0.773. The Labute approximate surface area is 382 Å². The summed E-state index contributed by atoms with van der Waals surface area (Å²) < 4.78 is 57.0. The van der Waals surface area contributed by atoms with E-state index in [1.54, 1.807) is 11.6 Å². The number of phenolic OH excluding ortho intramolecular Hbond substituents is 1. The summed E-state index contributed by atoms with van der Waals surface area (Å²) in [5.41, 5.74) is 1.36. The third kappa shape index (κ3) is 8.40. The number of imide groups is 1. The lowest BCUT2D eigenvalue weighted by molar-refractivity contribution is -0.135. The van der Waals surface area contributed by atoms with E-state index in [4.69, 9.17) is 24.2 Å². The molecule has 3 amide bonds. The summed E-state index contributed by atoms with van der Waals surface area (Å²) in [6.45, 7) is 6.66. The van der Waals surface area contributed by atoms with Crippen LogP contribution in [-0.2, 0) is 33.2 Å². The molecule has 3 saturated carbocycles. The molecule has 3 aliphatic carbocycles. The van der Waals surface area contributed by atoms with Crippen molar-refractivity contribution in [2.45, 2.75) is 75.7 Å². The van der Waals surface area contributed by atoms with Crippen LogP contribution >= 0.6 is 0 Å². The number of aromatic hydroxyl groups is 1. The Bertz CT molecular complexity index is 2790. The molecule has 1 unspecified atom stereocenters. The number of aryl methyl sites for hydroxylation is 2. The second-order valence-corrected chi connectivity index (χ2v) is 18.7. The van der Waals surface area contributed by atoms with E-state index in [1.165, 1.54) is 4.57 Å². The number of rotatable bonds is 12. The molecule has 3 N–H and O–H groups in total. The molecule has 67 heavy (non-hydrogen) atoms. The maximum absolute atomic E-state index is 14.4. The summed E-state index contributed by atoms with van der Waals surface area (Å²) in [5, 5.41) is 18.9. The maximum Gasteiger partial charge on any atom is 0.329 e. The zero-order chi connectivity index (χ0) is 46.6. The fourth-order valence-electron chi connectivity index (χ4n) is 10.6. The first-order chi connectivity index (χ1) is 32.3. The van der Waals surface area contributed by atoms with Crippen LogP contribution in [0.15, 0.2) is 39.6 Å². The SMILES string of the molecule is Cn1c(=O)n(C2CCC(=O)NC2=O)c2ccc(CCCN3CCN(c4nc(-c5nc(C67CCC(CNC(=O)c8cc(F)c(O)c(F)c8F)(CC6)CC7)no5)cc(N5CCOCC5)n4)CC3)cc21. The van der Waals surface area contributed by atoms with Gasteiger partial charge in [-0.05, 0) is 93.5 Å². The molecule has 3 aliphatic heterocycles. The van der Waals surface area contributed by atoms with Gasteiger partial charge < -0.3 is 29.5 Å². The summed E-state index contributed by atoms with van der Waals surface area (Å²) in [4.78, 5) is 72.2. The highest BCUT2D eigenvalue weighted by atomic mass is 19.2. The average molecular weight is 928 g/mol. The third-order valence-electron chi connectivity index (χ3n) is 14.8. The molecular weight excluding hydrogens is 876 g/mol. The fourth-order valence-corrected chi connectivity index (χ4v) is 10.6. The number of carbonyl (C=O) groups is 3. The number of hydrogen-bond donors (Lipinski definition) is 3. The van der Waals surface area contributed by atoms with Gasteiger partial charge in [0.15, 0.2) is 23.2 Å². The minimum atomic E-state index is -1.80. The van der Waals surface area contributed by atoms with Crippen molar-refractivity contribution in [1.29, 1.82) is 0 Å². The van der Waals surface area contributed by atoms with Crippen LogP contribution in [0.3, 0.4) is 0 Å². The van der Waals surface area contributed by atoms with E-state index < -0.39 is 46.6 Å². The van der Waals surface area contributed by atoms with Crippen molar-refractivity contribution in [1.82, 2.24) is 44.8 Å². The minimum absolute atomic E-state index is 0.191. The highest BCUT2D eigenvalue weighted by Crippen LogP contribution is 2.57. The second-order valence-electron chi connectivity index (χ2n) is 18.7. The number of ether oxygens (including phenoxy) is 1. The Kier molecular flexibility index (Phi) is 11.8. The number of nitrogens with zero attached hydrogens (tertiary/aromatic N) is 9. The molecule has 3 aromatic heterocycles. The number of fused-ring (bicyclic) bond motifs is 4. The van der Waals surface area contributed by atoms with E-state index in [2.05, 4.69) is 30.5 Å². The van der Waals surface area contributed by atoms with Gasteiger partial charge in [0, 0.05) is 70.8 Å². The molecule has 2 bridgehead atoms. The average Bonchev–Trinajstić information content (AvgIpc) is 3.95. The van der Waals surface area contributed by atoms with E-state index in [-0.39, 0.29) is 41.8 Å². The van der Waals surface area contributed by atoms with Crippen molar-refractivity contribution in [2.24, 2.45) is 12.5 Å². The minimum Gasteiger partial charge on any atom is -0.503 e. The van der Waals surface area contributed by atoms with Crippen molar-refractivity contribution >= 4 is 40.5 Å². The molecule has 3 saturated heterocycles. The van der Waals surface area contributed by atoms with Crippen LogP contribution < -0.4 is 26.1 Å². The zero-order valence-electron chi connectivity index (χ0n) is 37.2. The molecule has 5 aromatic rings. The van der Waals surface area contributed by atoms with Gasteiger partial charge in [-0.25, -0.2) is 18.6 Å². The van der Waals surface area contributed by atoms with Gasteiger partial charge >= 0.3 is 5.69 Å². The number of phenols is 1. The third-order valence-corrected chi connectivity index (χ3v) is 14.8. The van der Waals surface area contributed by atoms with Crippen molar-refractivity contribution in [3.8, 4) is 17.3 Å². The fraction of sp³-hybridized carbons (Fsp3) is 0.522. The first-order valence-electron chi connectivity index (χ1n) is 23.0. The summed E-state index contributed by atoms with van der Waals surface area (Å²) in [6.07, 6.45) is 6.57. The Morgan fingerprint density at radius 2 is 1.64 bits per heavy atom. The number of benzene rings is 2. The van der Waals surface area contributed by atoms with Gasteiger partial charge in [-0.15, -0.1) is 0 Å². The largest absolute Gasteiger partial charge is 0.503 e. The summed E-state index contributed by atoms with van der Waals surface area (Å²) in [5.74, 6) is -5.74. The topological polar surface area (TPSA) is 206 Å². The molecule has 11 rings (SSSR count). The number of piperazine rings is 1. The molecule has 6 aliphatic rings. The quantitative estimate of drug-likeness (QED) is 0.120. The summed E-state index contributed by atoms with van der Waals surface area (Å²) in [7, 11) is 1.70. The van der Waals surface area contributed by atoms with Crippen LogP contribution in [0.4, 0.5) is 24.9 Å². The Morgan fingerprint density at radius 3 is 2.37 bits per heavy atom. The summed E-state index contributed by atoms with van der Waals surface area (Å²) in [6, 6.07) is 7.59. The standard InChI is InChI=1S/C46H52F3N11O7/c1-56-33-23-27(4-5-31(33)60(44(56)65)32-6-7-35(61)53-40(32)64)3-2-14-57-15-17-59(18-16-57)43-51-30(25-34(52-43)58-19-21-66-22-20-58)41-54-42(55-67-41)46-11-8-45(9-12-46,10-13-46)26-50-39(63)28-24-29(47)38(62)37(49)36(28)48/h4-5,23-25,32,62H,2-3,6-22,26H2,1H3,(H,50,63)(H,53,61,64). The van der Waals surface area contributed by atoms with Crippen LogP contribution in [0.2, 0.25) is 0 Å². The lowest BCUT2D eigenvalue weighted by atomic mass is 9.53. The van der Waals surface area contributed by atoms with Crippen molar-refractivity contribution in [3.05, 3.63) is 75.2 Å². The summed E-state index contributed by atoms with van der Waals surface area (Å²) >= 11 is 0. The maximum atomic E-state index is 14.4. The van der Waals surface area contributed by atoms with E-state index in [9.17, 15) is 37.5 Å². The van der Waals surface area contributed by atoms with Crippen molar-refractivity contribution in [3.63, 3.8) is 0 Å². The number of aromatic nitrogens is 6. The molecule has 6 heterocycles. The van der Waals surface area contributed by atoms with Crippen LogP contribution in [0.1, 0.15) is 85.6 Å². The van der Waals surface area contributed by atoms with Gasteiger partial charge in [0.25, 0.3) is 11.8 Å². The van der Waals surface area contributed by atoms with Gasteiger partial charge in [-0.3, -0.25) is 33.7 Å². The van der Waals surface area contributed by atoms with Crippen LogP contribution in [-0.4, -0.2) is 123 Å². The normalized spacial score (nSPS) is 23.6. The van der Waals surface area contributed by atoms with Gasteiger partial charge in [-0.1, -0.05) is 11.2 Å². The van der Waals surface area contributed by atoms with E-state index >= 15 is 0 Å². The second kappa shape index (κ2) is 17.7. The predicted molar refractivity (Wildman–Crippen MR) is 236 cm³/mol. The zero-order valence-corrected chi connectivity index (χ0v) is 37.2. The number of amides is 3. The van der Waals surface area contributed by atoms with Gasteiger partial charge in [0.1, 0.15) is 17.6 Å². The molecular formula is C46H52F3N11O7. The molecule has 0 spiro atoms. The smallest absolute Gasteiger partial charge is 0.329 e. The van der Waals surface area contributed by atoms with E-state index in [1.807, 2.05) is 24.3 Å². The number of piperidine rings is 1. The molecule has 1 atom stereocenters. The molecule has 6 fully saturated rings. The number of nitrogens with one attached hydrogen (secondary N) is 2. The van der Waals surface area contributed by atoms with Gasteiger partial charge in [0.2, 0.25) is 23.6 Å². The number of hydrogen-bond acceptors (Lipinski definition) is 14. The van der Waals surface area contributed by atoms with Gasteiger partial charge in [-0.2, -0.15) is 14.4 Å². The van der Waals surface area contributed by atoms with Gasteiger partial charge in [0.05, 0.1) is 29.8 Å². The number of halogens is 3. The van der Waals surface area contributed by atoms with Crippen molar-refractivity contribution < 1.29 is 41.9 Å². The Hall–Kier alpha value is -6.35. The number of morpholine rings is 1. The number of anilines is 2. The lowest BCUT2D eigenvalue weighted by Gasteiger charge is -2.52. The van der Waals surface area contributed by atoms with Crippen LogP contribution in [0, 0.1) is 22.9 Å². The van der Waals surface area contributed by atoms with Crippen LogP contribution in [0.5, 0.6) is 5.75 Å². The first kappa shape index (κ1) is 44.5. The van der Waals surface area contributed by atoms with E-state index in [0.29, 0.717) is 74.3 Å². The molecule has 2 aromatic carbocycles. The van der Waals surface area contributed by atoms with Crippen LogP contribution in [0.25, 0.3) is 22.6 Å². The highest BCUT2D eigenvalue weighted by Gasteiger charge is 2.52. The molecule has 18 nitrogen and oxygen atoms in total. The molecule has 354 valence electrons. The van der Waals surface area contributed by atoms with E-state index in [0.717, 1.165) is 87.9 Å². The molecule has 21 heteroatoms. The predicted octanol–water partition coefficient (Wildman–Crippen LogP) is 3.89. The lowest BCUT2D eigenvalue weighted by Crippen LogP contribution is -2.49. The molecule has 0 radical (unpaired) electrons. The first-order valence-corrected chi connectivity index (χ1v) is 23.0. The number of carbonyl (C=O) groups excluding carboxylic acids is 3. The van der Waals surface area contributed by atoms with Crippen molar-refractivity contribution in [2.75, 3.05) is 75.4 Å². The Morgan fingerprint density at radius 1 is 0.896 bits per heavy atom. The monoisotopic (exact) mass is 927 g/mol. The number of imidazole rings is 1. The highest BCUT2D eigenvalue weighted by molar-refractivity contribution is 6.00.